The van der Waals surface area contributed by atoms with E-state index in [4.69, 9.17) is 4.74 Å². The minimum Gasteiger partial charge on any atom is -0.485 e. The van der Waals surface area contributed by atoms with Gasteiger partial charge in [-0.25, -0.2) is 9.97 Å². The van der Waals surface area contributed by atoms with Gasteiger partial charge in [-0.15, -0.1) is 0 Å². The fourth-order valence-electron chi connectivity index (χ4n) is 3.31. The van der Waals surface area contributed by atoms with E-state index in [9.17, 15) is 4.79 Å². The van der Waals surface area contributed by atoms with Crippen LogP contribution in [-0.2, 0) is 6.61 Å². The zero-order valence-electron chi connectivity index (χ0n) is 17.6. The fraction of sp³-hybridized carbons (Fsp3) is 0.320. The molecule has 0 unspecified atom stereocenters. The Morgan fingerprint density at radius 3 is 2.47 bits per heavy atom. The molecule has 1 aliphatic rings. The molecule has 1 saturated carbocycles. The highest BCUT2D eigenvalue weighted by molar-refractivity contribution is 5.38. The lowest BCUT2D eigenvalue weighted by Gasteiger charge is -2.19. The zero-order valence-corrected chi connectivity index (χ0v) is 17.6. The molecule has 2 aromatic heterocycles. The highest BCUT2D eigenvalue weighted by Gasteiger charge is 2.18. The minimum absolute atomic E-state index is 0.0857. The lowest BCUT2D eigenvalue weighted by molar-refractivity contribution is 0.294. The Kier molecular flexibility index (Phi) is 5.67. The van der Waals surface area contributed by atoms with E-state index in [2.05, 4.69) is 21.8 Å². The first-order valence-electron chi connectivity index (χ1n) is 10.2. The average Bonchev–Trinajstić information content (AvgIpc) is 3.56. The lowest BCUT2D eigenvalue weighted by atomic mass is 10.1. The normalized spacial score (nSPS) is 14.0. The van der Waals surface area contributed by atoms with E-state index in [1.54, 1.807) is 17.0 Å². The second-order valence-corrected chi connectivity index (χ2v) is 7.85. The summed E-state index contributed by atoms with van der Waals surface area (Å²) in [4.78, 5) is 21.3. The minimum atomic E-state index is -0.0973. The van der Waals surface area contributed by atoms with Crippen molar-refractivity contribution in [3.63, 3.8) is 0 Å². The Hall–Kier alpha value is -3.39. The molecule has 3 aromatic rings. The molecule has 0 aliphatic heterocycles. The van der Waals surface area contributed by atoms with Crippen molar-refractivity contribution < 1.29 is 4.74 Å². The summed E-state index contributed by atoms with van der Waals surface area (Å²) in [6, 6.07) is 11.5. The molecule has 1 aromatic carbocycles. The number of rotatable bonds is 5. The number of hydrogen-bond acceptors (Lipinski definition) is 4. The molecule has 1 atom stereocenters. The van der Waals surface area contributed by atoms with Crippen molar-refractivity contribution in [1.82, 2.24) is 14.5 Å². The van der Waals surface area contributed by atoms with Gasteiger partial charge in [-0.1, -0.05) is 24.0 Å². The fourth-order valence-corrected chi connectivity index (χ4v) is 3.31. The summed E-state index contributed by atoms with van der Waals surface area (Å²) in [7, 11) is 0. The van der Waals surface area contributed by atoms with Crippen LogP contribution in [0.3, 0.4) is 0 Å². The van der Waals surface area contributed by atoms with Crippen LogP contribution in [0.15, 0.2) is 53.6 Å². The molecule has 5 heteroatoms. The van der Waals surface area contributed by atoms with Crippen LogP contribution in [0.2, 0.25) is 0 Å². The molecule has 5 nitrogen and oxygen atoms in total. The third kappa shape index (κ3) is 4.77. The number of aryl methyl sites for hydroxylation is 2. The van der Waals surface area contributed by atoms with Gasteiger partial charge in [-0.05, 0) is 62.9 Å². The predicted octanol–water partition coefficient (Wildman–Crippen LogP) is 4.20. The Morgan fingerprint density at radius 1 is 1.13 bits per heavy atom. The molecule has 0 saturated heterocycles. The number of hydrogen-bond donors (Lipinski definition) is 0. The van der Waals surface area contributed by atoms with Crippen molar-refractivity contribution in [1.29, 1.82) is 0 Å². The molecule has 0 spiro atoms. The van der Waals surface area contributed by atoms with E-state index in [1.807, 2.05) is 51.1 Å². The summed E-state index contributed by atoms with van der Waals surface area (Å²) in [5, 5.41) is 0. The number of benzene rings is 1. The van der Waals surface area contributed by atoms with Gasteiger partial charge in [0.1, 0.15) is 12.4 Å². The van der Waals surface area contributed by atoms with E-state index < -0.39 is 0 Å². The maximum Gasteiger partial charge on any atom is 0.254 e. The number of ether oxygens (including phenoxy) is 1. The monoisotopic (exact) mass is 399 g/mol. The molecular formula is C25H25N3O2. The SMILES string of the molecule is Cc1cnc(COc2cc(C)n([C@H](C)c3ccc(C#CC4CC4)cc3)c(=O)c2)nc1. The summed E-state index contributed by atoms with van der Waals surface area (Å²) in [6.45, 7) is 6.11. The molecule has 2 heterocycles. The van der Waals surface area contributed by atoms with E-state index >= 15 is 0 Å². The summed E-state index contributed by atoms with van der Waals surface area (Å²) >= 11 is 0. The van der Waals surface area contributed by atoms with Gasteiger partial charge < -0.3 is 9.30 Å². The van der Waals surface area contributed by atoms with Crippen LogP contribution in [0.25, 0.3) is 0 Å². The number of aromatic nitrogens is 3. The first-order chi connectivity index (χ1) is 14.5. The summed E-state index contributed by atoms with van der Waals surface area (Å²) in [6.07, 6.45) is 5.95. The van der Waals surface area contributed by atoms with Crippen molar-refractivity contribution in [2.24, 2.45) is 5.92 Å². The molecule has 1 aliphatic carbocycles. The Morgan fingerprint density at radius 2 is 1.83 bits per heavy atom. The summed E-state index contributed by atoms with van der Waals surface area (Å²) in [5.74, 6) is 8.20. The van der Waals surface area contributed by atoms with Crippen molar-refractivity contribution in [2.45, 2.75) is 46.3 Å². The molecule has 0 bridgehead atoms. The maximum absolute atomic E-state index is 12.8. The maximum atomic E-state index is 12.8. The van der Waals surface area contributed by atoms with Crippen LogP contribution >= 0.6 is 0 Å². The second-order valence-electron chi connectivity index (χ2n) is 7.85. The van der Waals surface area contributed by atoms with Gasteiger partial charge in [0.25, 0.3) is 5.56 Å². The zero-order chi connectivity index (χ0) is 21.1. The van der Waals surface area contributed by atoms with Crippen LogP contribution in [-0.4, -0.2) is 14.5 Å². The lowest BCUT2D eigenvalue weighted by Crippen LogP contribution is -2.25. The molecule has 30 heavy (non-hydrogen) atoms. The first-order valence-corrected chi connectivity index (χ1v) is 10.2. The van der Waals surface area contributed by atoms with E-state index in [0.717, 1.165) is 22.4 Å². The third-order valence-electron chi connectivity index (χ3n) is 5.22. The van der Waals surface area contributed by atoms with Gasteiger partial charge in [0.15, 0.2) is 5.82 Å². The van der Waals surface area contributed by atoms with Gasteiger partial charge in [0, 0.05) is 35.6 Å². The highest BCUT2D eigenvalue weighted by Crippen LogP contribution is 2.27. The quantitative estimate of drug-likeness (QED) is 0.603. The molecule has 152 valence electrons. The molecular weight excluding hydrogens is 374 g/mol. The van der Waals surface area contributed by atoms with Gasteiger partial charge in [-0.2, -0.15) is 0 Å². The van der Waals surface area contributed by atoms with Crippen LogP contribution in [0.1, 0.15) is 54.0 Å². The van der Waals surface area contributed by atoms with Crippen LogP contribution in [0, 0.1) is 31.6 Å². The largest absolute Gasteiger partial charge is 0.485 e. The summed E-state index contributed by atoms with van der Waals surface area (Å²) < 4.78 is 7.53. The third-order valence-corrected chi connectivity index (χ3v) is 5.22. The van der Waals surface area contributed by atoms with Crippen molar-refractivity contribution in [2.75, 3.05) is 0 Å². The van der Waals surface area contributed by atoms with E-state index in [1.165, 1.54) is 18.9 Å². The smallest absolute Gasteiger partial charge is 0.254 e. The average molecular weight is 399 g/mol. The van der Waals surface area contributed by atoms with Gasteiger partial charge in [0.2, 0.25) is 0 Å². The summed E-state index contributed by atoms with van der Waals surface area (Å²) in [5.41, 5.74) is 3.82. The van der Waals surface area contributed by atoms with Crippen LogP contribution < -0.4 is 10.3 Å². The van der Waals surface area contributed by atoms with Crippen molar-refractivity contribution in [3.05, 3.63) is 87.4 Å². The first kappa shape index (κ1) is 19.9. The van der Waals surface area contributed by atoms with E-state index in [-0.39, 0.29) is 18.2 Å². The van der Waals surface area contributed by atoms with Gasteiger partial charge in [-0.3, -0.25) is 4.79 Å². The van der Waals surface area contributed by atoms with Crippen LogP contribution in [0.4, 0.5) is 0 Å². The predicted molar refractivity (Wildman–Crippen MR) is 116 cm³/mol. The Bertz CT molecular complexity index is 1150. The van der Waals surface area contributed by atoms with Gasteiger partial charge in [0.05, 0.1) is 6.04 Å². The Labute approximate surface area is 176 Å². The molecule has 4 rings (SSSR count). The van der Waals surface area contributed by atoms with Crippen molar-refractivity contribution in [3.8, 4) is 17.6 Å². The van der Waals surface area contributed by atoms with Crippen molar-refractivity contribution >= 4 is 0 Å². The Balaban J connectivity index is 1.48. The second kappa shape index (κ2) is 8.54. The van der Waals surface area contributed by atoms with Gasteiger partial charge >= 0.3 is 0 Å². The highest BCUT2D eigenvalue weighted by atomic mass is 16.5. The standard InChI is InChI=1S/C25H25N3O2/c1-17-14-26-24(27-15-17)16-30-23-12-18(2)28(25(29)13-23)19(3)22-10-8-21(9-11-22)7-6-20-4-5-20/h8-15,19-20H,4-5,16H2,1-3H3/t19-/m1/s1. The number of nitrogens with zero attached hydrogens (tertiary/aromatic N) is 3. The molecule has 0 radical (unpaired) electrons. The molecule has 0 amide bonds. The topological polar surface area (TPSA) is 57.0 Å². The van der Waals surface area contributed by atoms with Crippen LogP contribution in [0.5, 0.6) is 5.75 Å². The molecule has 1 fully saturated rings. The van der Waals surface area contributed by atoms with E-state index in [0.29, 0.717) is 17.5 Å². The number of pyridine rings is 1. The molecule has 0 N–H and O–H groups in total.